The smallest absolute Gasteiger partial charge is 0.325 e. The van der Waals surface area contributed by atoms with Crippen molar-refractivity contribution in [2.24, 2.45) is 0 Å². The van der Waals surface area contributed by atoms with E-state index in [1.165, 1.54) is 7.11 Å². The Bertz CT molecular complexity index is 542. The first kappa shape index (κ1) is 10.5. The maximum Gasteiger partial charge on any atom is 0.325 e. The molecular weight excluding hydrogens is 206 g/mol. The van der Waals surface area contributed by atoms with E-state index in [9.17, 15) is 9.90 Å². The van der Waals surface area contributed by atoms with E-state index in [1.807, 2.05) is 17.6 Å². The van der Waals surface area contributed by atoms with Crippen LogP contribution in [-0.2, 0) is 16.1 Å². The molecule has 2 aromatic rings. The van der Waals surface area contributed by atoms with Crippen molar-refractivity contribution in [2.75, 3.05) is 7.11 Å². The summed E-state index contributed by atoms with van der Waals surface area (Å²) in [5, 5.41) is 10.3. The lowest BCUT2D eigenvalue weighted by Gasteiger charge is -2.06. The molecule has 0 spiro atoms. The van der Waals surface area contributed by atoms with Gasteiger partial charge in [0.25, 0.3) is 0 Å². The van der Waals surface area contributed by atoms with Crippen molar-refractivity contribution in [2.45, 2.75) is 13.5 Å². The number of carbonyl (C=O) groups excluding carboxylic acids is 1. The molecule has 1 aromatic carbocycles. The number of aromatic hydroxyl groups is 1. The van der Waals surface area contributed by atoms with E-state index in [2.05, 4.69) is 4.74 Å². The Morgan fingerprint density at radius 2 is 2.19 bits per heavy atom. The van der Waals surface area contributed by atoms with E-state index in [0.29, 0.717) is 0 Å². The second-order valence-electron chi connectivity index (χ2n) is 3.69. The van der Waals surface area contributed by atoms with Gasteiger partial charge < -0.3 is 14.4 Å². The van der Waals surface area contributed by atoms with Gasteiger partial charge in [-0.05, 0) is 31.2 Å². The Kier molecular flexibility index (Phi) is 2.56. The second-order valence-corrected chi connectivity index (χ2v) is 3.69. The van der Waals surface area contributed by atoms with Crippen LogP contribution in [0.2, 0.25) is 0 Å². The molecule has 0 amide bonds. The van der Waals surface area contributed by atoms with Crippen molar-refractivity contribution in [3.05, 3.63) is 30.0 Å². The van der Waals surface area contributed by atoms with Crippen LogP contribution in [0.4, 0.5) is 0 Å². The highest BCUT2D eigenvalue weighted by molar-refractivity contribution is 5.84. The molecule has 0 fully saturated rings. The van der Waals surface area contributed by atoms with Gasteiger partial charge in [0.05, 0.1) is 7.11 Å². The number of ether oxygens (including phenoxy) is 1. The average Bonchev–Trinajstić information content (AvgIpc) is 2.54. The van der Waals surface area contributed by atoms with Crippen LogP contribution < -0.4 is 0 Å². The van der Waals surface area contributed by atoms with Gasteiger partial charge in [0.1, 0.15) is 12.3 Å². The van der Waals surface area contributed by atoms with Crippen molar-refractivity contribution < 1.29 is 14.6 Å². The zero-order chi connectivity index (χ0) is 11.7. The van der Waals surface area contributed by atoms with Gasteiger partial charge in [-0.15, -0.1) is 0 Å². The fourth-order valence-corrected chi connectivity index (χ4v) is 1.80. The number of fused-ring (bicyclic) bond motifs is 1. The Labute approximate surface area is 93.1 Å². The van der Waals surface area contributed by atoms with E-state index in [1.54, 1.807) is 18.2 Å². The van der Waals surface area contributed by atoms with Crippen molar-refractivity contribution in [3.8, 4) is 5.75 Å². The SMILES string of the molecule is COC(=O)Cn1c(C)cc2cc(O)ccc21. The van der Waals surface area contributed by atoms with Gasteiger partial charge in [0.2, 0.25) is 0 Å². The minimum atomic E-state index is -0.284. The first-order valence-electron chi connectivity index (χ1n) is 4.97. The van der Waals surface area contributed by atoms with E-state index < -0.39 is 0 Å². The number of aryl methyl sites for hydroxylation is 1. The topological polar surface area (TPSA) is 51.5 Å². The summed E-state index contributed by atoms with van der Waals surface area (Å²) >= 11 is 0. The fraction of sp³-hybridized carbons (Fsp3) is 0.250. The van der Waals surface area contributed by atoms with Gasteiger partial charge >= 0.3 is 5.97 Å². The molecule has 0 aliphatic carbocycles. The largest absolute Gasteiger partial charge is 0.508 e. The molecule has 4 heteroatoms. The van der Waals surface area contributed by atoms with Gasteiger partial charge in [0, 0.05) is 16.6 Å². The lowest BCUT2D eigenvalue weighted by atomic mass is 10.2. The summed E-state index contributed by atoms with van der Waals surface area (Å²) in [6.45, 7) is 2.11. The predicted molar refractivity (Wildman–Crippen MR) is 60.4 cm³/mol. The van der Waals surface area contributed by atoms with Crippen molar-refractivity contribution in [1.82, 2.24) is 4.57 Å². The van der Waals surface area contributed by atoms with E-state index in [-0.39, 0.29) is 18.3 Å². The number of rotatable bonds is 2. The van der Waals surface area contributed by atoms with Crippen molar-refractivity contribution in [3.63, 3.8) is 0 Å². The summed E-state index contributed by atoms with van der Waals surface area (Å²) < 4.78 is 6.50. The van der Waals surface area contributed by atoms with Crippen LogP contribution in [0.1, 0.15) is 5.69 Å². The third-order valence-electron chi connectivity index (χ3n) is 2.61. The second kappa shape index (κ2) is 3.89. The standard InChI is InChI=1S/C12H13NO3/c1-8-5-9-6-10(14)3-4-11(9)13(8)7-12(15)16-2/h3-6,14H,7H2,1-2H3. The molecule has 2 rings (SSSR count). The highest BCUT2D eigenvalue weighted by atomic mass is 16.5. The number of carbonyl (C=O) groups is 1. The molecule has 0 aliphatic rings. The molecule has 84 valence electrons. The van der Waals surface area contributed by atoms with Gasteiger partial charge in [-0.25, -0.2) is 0 Å². The normalized spacial score (nSPS) is 10.6. The number of methoxy groups -OCH3 is 1. The summed E-state index contributed by atoms with van der Waals surface area (Å²) in [5.41, 5.74) is 1.88. The van der Waals surface area contributed by atoms with E-state index in [0.717, 1.165) is 16.6 Å². The predicted octanol–water partition coefficient (Wildman–Crippen LogP) is 1.83. The number of hydrogen-bond acceptors (Lipinski definition) is 3. The number of phenols is 1. The highest BCUT2D eigenvalue weighted by Gasteiger charge is 2.09. The number of aromatic nitrogens is 1. The summed E-state index contributed by atoms with van der Waals surface area (Å²) in [7, 11) is 1.37. The molecular formula is C12H13NO3. The summed E-state index contributed by atoms with van der Waals surface area (Å²) in [5.74, 6) is -0.0589. The first-order valence-corrected chi connectivity index (χ1v) is 4.97. The number of phenolic OH excluding ortho intramolecular Hbond substituents is 1. The molecule has 0 bridgehead atoms. The molecule has 16 heavy (non-hydrogen) atoms. The van der Waals surface area contributed by atoms with E-state index >= 15 is 0 Å². The third-order valence-corrected chi connectivity index (χ3v) is 2.61. The number of hydrogen-bond donors (Lipinski definition) is 1. The molecule has 0 unspecified atom stereocenters. The maximum atomic E-state index is 11.2. The minimum absolute atomic E-state index is 0.191. The van der Waals surface area contributed by atoms with Crippen LogP contribution in [0.5, 0.6) is 5.75 Å². The monoisotopic (exact) mass is 219 g/mol. The van der Waals surface area contributed by atoms with Crippen LogP contribution in [0.15, 0.2) is 24.3 Å². The number of benzene rings is 1. The number of esters is 1. The molecule has 1 N–H and O–H groups in total. The van der Waals surface area contributed by atoms with Crippen molar-refractivity contribution >= 4 is 16.9 Å². The Morgan fingerprint density at radius 3 is 2.88 bits per heavy atom. The first-order chi connectivity index (χ1) is 7.61. The quantitative estimate of drug-likeness (QED) is 0.784. The Morgan fingerprint density at radius 1 is 1.44 bits per heavy atom. The van der Waals surface area contributed by atoms with Gasteiger partial charge in [0.15, 0.2) is 0 Å². The Hall–Kier alpha value is -1.97. The molecule has 0 saturated heterocycles. The van der Waals surface area contributed by atoms with Crippen LogP contribution in [-0.4, -0.2) is 22.8 Å². The average molecular weight is 219 g/mol. The number of nitrogens with zero attached hydrogens (tertiary/aromatic N) is 1. The van der Waals surface area contributed by atoms with Crippen molar-refractivity contribution in [1.29, 1.82) is 0 Å². The lowest BCUT2D eigenvalue weighted by molar-refractivity contribution is -0.141. The van der Waals surface area contributed by atoms with Crippen LogP contribution in [0.25, 0.3) is 10.9 Å². The minimum Gasteiger partial charge on any atom is -0.508 e. The van der Waals surface area contributed by atoms with Crippen LogP contribution >= 0.6 is 0 Å². The molecule has 0 atom stereocenters. The summed E-state index contributed by atoms with van der Waals surface area (Å²) in [6.07, 6.45) is 0. The molecule has 1 heterocycles. The van der Waals surface area contributed by atoms with Crippen LogP contribution in [0, 0.1) is 6.92 Å². The zero-order valence-corrected chi connectivity index (χ0v) is 9.23. The molecule has 0 aliphatic heterocycles. The fourth-order valence-electron chi connectivity index (χ4n) is 1.80. The van der Waals surface area contributed by atoms with Gasteiger partial charge in [-0.2, -0.15) is 0 Å². The van der Waals surface area contributed by atoms with Gasteiger partial charge in [-0.3, -0.25) is 4.79 Å². The highest BCUT2D eigenvalue weighted by Crippen LogP contribution is 2.23. The summed E-state index contributed by atoms with van der Waals surface area (Å²) in [4.78, 5) is 11.2. The Balaban J connectivity index is 2.52. The molecule has 0 radical (unpaired) electrons. The van der Waals surface area contributed by atoms with E-state index in [4.69, 9.17) is 0 Å². The summed E-state index contributed by atoms with van der Waals surface area (Å²) in [6, 6.07) is 7.00. The van der Waals surface area contributed by atoms with Gasteiger partial charge in [-0.1, -0.05) is 0 Å². The molecule has 1 aromatic heterocycles. The molecule has 0 saturated carbocycles. The molecule has 4 nitrogen and oxygen atoms in total. The zero-order valence-electron chi connectivity index (χ0n) is 9.23. The lowest BCUT2D eigenvalue weighted by Crippen LogP contribution is -2.12. The van der Waals surface area contributed by atoms with Crippen LogP contribution in [0.3, 0.4) is 0 Å². The maximum absolute atomic E-state index is 11.2. The third kappa shape index (κ3) is 1.74.